The molecule has 0 spiro atoms. The number of benzene rings is 1. The van der Waals surface area contributed by atoms with Gasteiger partial charge < -0.3 is 4.84 Å². The van der Waals surface area contributed by atoms with E-state index in [9.17, 15) is 19.7 Å². The van der Waals surface area contributed by atoms with Crippen LogP contribution >= 0.6 is 11.6 Å². The fraction of sp³-hybridized carbons (Fsp3) is 0.333. The number of hydrogen-bond donors (Lipinski definition) is 1. The largest absolute Gasteiger partial charge is 0.340 e. The standard InChI is InChI=1S/C12H13ClN2O5/c1-12(2,3)11(17)20-14-10(16)7-4-5-8(13)9(6-7)15(18)19/h4-6H,1-3H3,(H,14,16). The molecule has 0 aliphatic rings. The maximum Gasteiger partial charge on any atom is 0.337 e. The van der Waals surface area contributed by atoms with Gasteiger partial charge in [-0.05, 0) is 32.9 Å². The summed E-state index contributed by atoms with van der Waals surface area (Å²) in [6, 6.07) is 3.51. The number of hydroxylamine groups is 1. The second kappa shape index (κ2) is 5.87. The number of nitro benzene ring substituents is 1. The zero-order valence-electron chi connectivity index (χ0n) is 11.1. The van der Waals surface area contributed by atoms with Gasteiger partial charge in [0.2, 0.25) is 0 Å². The van der Waals surface area contributed by atoms with Crippen LogP contribution in [-0.2, 0) is 9.63 Å². The molecular formula is C12H13ClN2O5. The van der Waals surface area contributed by atoms with Crippen LogP contribution in [0.3, 0.4) is 0 Å². The molecule has 8 heteroatoms. The van der Waals surface area contributed by atoms with Crippen LogP contribution in [0.15, 0.2) is 18.2 Å². The monoisotopic (exact) mass is 300 g/mol. The van der Waals surface area contributed by atoms with Crippen molar-refractivity contribution in [3.05, 3.63) is 38.9 Å². The Morgan fingerprint density at radius 3 is 2.45 bits per heavy atom. The first-order valence-electron chi connectivity index (χ1n) is 5.58. The van der Waals surface area contributed by atoms with Crippen molar-refractivity contribution in [3.8, 4) is 0 Å². The summed E-state index contributed by atoms with van der Waals surface area (Å²) in [6.45, 7) is 4.86. The molecule has 0 aromatic heterocycles. The third-order valence-corrected chi connectivity index (χ3v) is 2.57. The van der Waals surface area contributed by atoms with Gasteiger partial charge in [-0.1, -0.05) is 11.6 Å². The molecule has 0 unspecified atom stereocenters. The summed E-state index contributed by atoms with van der Waals surface area (Å²) in [4.78, 5) is 37.8. The Morgan fingerprint density at radius 1 is 1.35 bits per heavy atom. The molecule has 1 amide bonds. The molecule has 0 bridgehead atoms. The Kier molecular flexibility index (Phi) is 4.67. The maximum absolute atomic E-state index is 11.7. The fourth-order valence-corrected chi connectivity index (χ4v) is 1.29. The molecule has 0 radical (unpaired) electrons. The van der Waals surface area contributed by atoms with E-state index in [2.05, 4.69) is 4.84 Å². The molecule has 0 atom stereocenters. The second-order valence-corrected chi connectivity index (χ2v) is 5.40. The van der Waals surface area contributed by atoms with Crippen LogP contribution in [0.5, 0.6) is 0 Å². The van der Waals surface area contributed by atoms with E-state index >= 15 is 0 Å². The smallest absolute Gasteiger partial charge is 0.337 e. The number of nitrogens with one attached hydrogen (secondary N) is 1. The number of carbonyl (C=O) groups excluding carboxylic acids is 2. The molecule has 1 aromatic rings. The summed E-state index contributed by atoms with van der Waals surface area (Å²) < 4.78 is 0. The summed E-state index contributed by atoms with van der Waals surface area (Å²) >= 11 is 5.62. The van der Waals surface area contributed by atoms with Gasteiger partial charge in [0.15, 0.2) is 0 Å². The molecule has 1 rings (SSSR count). The lowest BCUT2D eigenvalue weighted by atomic mass is 9.98. The lowest BCUT2D eigenvalue weighted by Gasteiger charge is -2.15. The first-order chi connectivity index (χ1) is 9.12. The minimum Gasteiger partial charge on any atom is -0.340 e. The first kappa shape index (κ1) is 15.9. The number of amides is 1. The van der Waals surface area contributed by atoms with Crippen LogP contribution in [0.4, 0.5) is 5.69 Å². The SMILES string of the molecule is CC(C)(C)C(=O)ONC(=O)c1ccc(Cl)c([N+](=O)[O-])c1. The Hall–Kier alpha value is -2.15. The Bertz CT molecular complexity index is 565. The molecule has 1 aromatic carbocycles. The van der Waals surface area contributed by atoms with E-state index in [0.717, 1.165) is 6.07 Å². The number of nitro groups is 1. The fourth-order valence-electron chi connectivity index (χ4n) is 1.10. The highest BCUT2D eigenvalue weighted by atomic mass is 35.5. The zero-order valence-corrected chi connectivity index (χ0v) is 11.9. The predicted molar refractivity (Wildman–Crippen MR) is 71.1 cm³/mol. The van der Waals surface area contributed by atoms with Crippen molar-refractivity contribution in [1.29, 1.82) is 0 Å². The summed E-state index contributed by atoms with van der Waals surface area (Å²) in [5, 5.41) is 10.6. The van der Waals surface area contributed by atoms with Gasteiger partial charge in [-0.25, -0.2) is 4.79 Å². The van der Waals surface area contributed by atoms with Crippen molar-refractivity contribution in [1.82, 2.24) is 5.48 Å². The minimum absolute atomic E-state index is 0.0391. The van der Waals surface area contributed by atoms with Gasteiger partial charge >= 0.3 is 5.97 Å². The van der Waals surface area contributed by atoms with E-state index < -0.39 is 27.9 Å². The lowest BCUT2D eigenvalue weighted by molar-refractivity contribution is -0.384. The van der Waals surface area contributed by atoms with E-state index in [0.29, 0.717) is 0 Å². The molecule has 0 saturated heterocycles. The summed E-state index contributed by atoms with van der Waals surface area (Å²) in [5.41, 5.74) is 0.718. The Balaban J connectivity index is 2.81. The number of halogens is 1. The minimum atomic E-state index is -0.778. The molecule has 1 N–H and O–H groups in total. The maximum atomic E-state index is 11.7. The summed E-state index contributed by atoms with van der Waals surface area (Å²) in [6.07, 6.45) is 0. The van der Waals surface area contributed by atoms with Gasteiger partial charge in [0.05, 0.1) is 10.3 Å². The van der Waals surface area contributed by atoms with E-state index in [1.54, 1.807) is 20.8 Å². The highest BCUT2D eigenvalue weighted by molar-refractivity contribution is 6.32. The van der Waals surface area contributed by atoms with Crippen molar-refractivity contribution in [2.45, 2.75) is 20.8 Å². The van der Waals surface area contributed by atoms with Crippen molar-refractivity contribution in [2.75, 3.05) is 0 Å². The number of hydrogen-bond acceptors (Lipinski definition) is 5. The zero-order chi connectivity index (χ0) is 15.5. The van der Waals surface area contributed by atoms with Crippen LogP contribution < -0.4 is 5.48 Å². The van der Waals surface area contributed by atoms with E-state index in [1.165, 1.54) is 12.1 Å². The predicted octanol–water partition coefficient (Wildman–Crippen LogP) is 2.48. The molecule has 0 heterocycles. The number of rotatable bonds is 2. The van der Waals surface area contributed by atoms with E-state index in [-0.39, 0.29) is 10.6 Å². The summed E-state index contributed by atoms with van der Waals surface area (Å²) in [7, 11) is 0. The highest BCUT2D eigenvalue weighted by Crippen LogP contribution is 2.25. The molecule has 0 saturated carbocycles. The highest BCUT2D eigenvalue weighted by Gasteiger charge is 2.25. The molecule has 20 heavy (non-hydrogen) atoms. The normalized spacial score (nSPS) is 10.8. The molecule has 7 nitrogen and oxygen atoms in total. The Labute approximate surface area is 120 Å². The first-order valence-corrected chi connectivity index (χ1v) is 5.96. The lowest BCUT2D eigenvalue weighted by Crippen LogP contribution is -2.33. The number of nitrogens with zero attached hydrogens (tertiary/aromatic N) is 1. The van der Waals surface area contributed by atoms with Crippen molar-refractivity contribution in [3.63, 3.8) is 0 Å². The molecule has 108 valence electrons. The van der Waals surface area contributed by atoms with E-state index in [1.807, 2.05) is 5.48 Å². The molecule has 0 fully saturated rings. The van der Waals surface area contributed by atoms with Crippen LogP contribution in [0.1, 0.15) is 31.1 Å². The Morgan fingerprint density at radius 2 is 1.95 bits per heavy atom. The van der Waals surface area contributed by atoms with E-state index in [4.69, 9.17) is 11.6 Å². The molecule has 0 aliphatic carbocycles. The average Bonchev–Trinajstić information content (AvgIpc) is 2.34. The summed E-state index contributed by atoms with van der Waals surface area (Å²) in [5.74, 6) is -1.41. The molecular weight excluding hydrogens is 288 g/mol. The van der Waals surface area contributed by atoms with Gasteiger partial charge in [0.1, 0.15) is 5.02 Å². The quantitative estimate of drug-likeness (QED) is 0.668. The van der Waals surface area contributed by atoms with Crippen LogP contribution in [0.2, 0.25) is 5.02 Å². The van der Waals surface area contributed by atoms with Gasteiger partial charge in [-0.15, -0.1) is 0 Å². The van der Waals surface area contributed by atoms with Gasteiger partial charge in [-0.3, -0.25) is 14.9 Å². The topological polar surface area (TPSA) is 98.5 Å². The van der Waals surface area contributed by atoms with Crippen LogP contribution in [0, 0.1) is 15.5 Å². The van der Waals surface area contributed by atoms with Crippen molar-refractivity contribution >= 4 is 29.2 Å². The number of carbonyl (C=O) groups is 2. The third-order valence-electron chi connectivity index (χ3n) is 2.25. The van der Waals surface area contributed by atoms with Crippen molar-refractivity contribution in [2.24, 2.45) is 5.41 Å². The second-order valence-electron chi connectivity index (χ2n) is 4.99. The molecule has 0 aliphatic heterocycles. The van der Waals surface area contributed by atoms with Gasteiger partial charge in [-0.2, -0.15) is 5.48 Å². The van der Waals surface area contributed by atoms with Gasteiger partial charge in [0.25, 0.3) is 11.6 Å². The van der Waals surface area contributed by atoms with Gasteiger partial charge in [0, 0.05) is 11.6 Å². The third kappa shape index (κ3) is 3.92. The van der Waals surface area contributed by atoms with Crippen LogP contribution in [0.25, 0.3) is 0 Å². The average molecular weight is 301 g/mol. The van der Waals surface area contributed by atoms with Crippen molar-refractivity contribution < 1.29 is 19.3 Å². The van der Waals surface area contributed by atoms with Crippen LogP contribution in [-0.4, -0.2) is 16.8 Å².